The minimum absolute atomic E-state index is 0.143. The smallest absolute Gasteiger partial charge is 0.307 e. The summed E-state index contributed by atoms with van der Waals surface area (Å²) in [7, 11) is 3.29. The summed E-state index contributed by atoms with van der Waals surface area (Å²) in [5.41, 5.74) is 0.676. The van der Waals surface area contributed by atoms with Crippen molar-refractivity contribution in [3.8, 4) is 5.75 Å². The molecule has 2 N–H and O–H groups in total. The molecule has 6 heteroatoms. The van der Waals surface area contributed by atoms with Gasteiger partial charge in [-0.2, -0.15) is 0 Å². The van der Waals surface area contributed by atoms with Crippen LogP contribution in [0.5, 0.6) is 5.75 Å². The van der Waals surface area contributed by atoms with Crippen LogP contribution in [-0.4, -0.2) is 49.1 Å². The van der Waals surface area contributed by atoms with E-state index in [0.29, 0.717) is 12.2 Å². The van der Waals surface area contributed by atoms with Crippen molar-refractivity contribution in [2.45, 2.75) is 6.92 Å². The van der Waals surface area contributed by atoms with Gasteiger partial charge in [-0.3, -0.25) is 14.5 Å². The van der Waals surface area contributed by atoms with E-state index in [0.717, 1.165) is 5.75 Å². The molecule has 1 atom stereocenters. The minimum atomic E-state index is -0.868. The Morgan fingerprint density at radius 3 is 2.45 bits per heavy atom. The van der Waals surface area contributed by atoms with Crippen LogP contribution in [0.3, 0.4) is 0 Å². The molecule has 0 radical (unpaired) electrons. The highest BCUT2D eigenvalue weighted by atomic mass is 16.5. The average molecular weight is 280 g/mol. The first kappa shape index (κ1) is 16.0. The third-order valence-corrected chi connectivity index (χ3v) is 2.79. The molecule has 1 aromatic carbocycles. The lowest BCUT2D eigenvalue weighted by Crippen LogP contribution is -2.35. The van der Waals surface area contributed by atoms with Crippen LogP contribution in [0, 0.1) is 5.92 Å². The Morgan fingerprint density at radius 2 is 1.95 bits per heavy atom. The van der Waals surface area contributed by atoms with E-state index in [-0.39, 0.29) is 12.5 Å². The number of carbonyl (C=O) groups excluding carboxylic acids is 1. The summed E-state index contributed by atoms with van der Waals surface area (Å²) >= 11 is 0. The summed E-state index contributed by atoms with van der Waals surface area (Å²) in [6, 6.07) is 7.00. The van der Waals surface area contributed by atoms with E-state index in [4.69, 9.17) is 9.84 Å². The van der Waals surface area contributed by atoms with Crippen LogP contribution >= 0.6 is 0 Å². The second-order valence-electron chi connectivity index (χ2n) is 4.71. The molecule has 0 spiro atoms. The Hall–Kier alpha value is -2.08. The van der Waals surface area contributed by atoms with Gasteiger partial charge in [-0.15, -0.1) is 0 Å². The predicted octanol–water partition coefficient (Wildman–Crippen LogP) is 1.29. The fourth-order valence-electron chi connectivity index (χ4n) is 1.73. The zero-order valence-corrected chi connectivity index (χ0v) is 11.9. The maximum Gasteiger partial charge on any atom is 0.307 e. The maximum absolute atomic E-state index is 11.8. The number of aliphatic carboxylic acids is 1. The number of ether oxygens (including phenoxy) is 1. The number of hydrogen-bond acceptors (Lipinski definition) is 4. The van der Waals surface area contributed by atoms with Crippen molar-refractivity contribution in [3.05, 3.63) is 24.3 Å². The molecule has 0 fully saturated rings. The zero-order chi connectivity index (χ0) is 15.1. The van der Waals surface area contributed by atoms with Gasteiger partial charge in [-0.05, 0) is 31.3 Å². The van der Waals surface area contributed by atoms with Crippen molar-refractivity contribution in [3.63, 3.8) is 0 Å². The van der Waals surface area contributed by atoms with Crippen molar-refractivity contribution in [1.82, 2.24) is 4.90 Å². The van der Waals surface area contributed by atoms with Gasteiger partial charge in [0.05, 0.1) is 19.6 Å². The molecule has 0 saturated heterocycles. The van der Waals surface area contributed by atoms with Crippen LogP contribution in [0.2, 0.25) is 0 Å². The number of methoxy groups -OCH3 is 1. The number of nitrogens with zero attached hydrogens (tertiary/aromatic N) is 1. The van der Waals surface area contributed by atoms with E-state index in [9.17, 15) is 9.59 Å². The van der Waals surface area contributed by atoms with Gasteiger partial charge in [0.15, 0.2) is 0 Å². The Morgan fingerprint density at radius 1 is 1.35 bits per heavy atom. The number of amides is 1. The summed E-state index contributed by atoms with van der Waals surface area (Å²) in [6.07, 6.45) is 0. The molecule has 0 aliphatic heterocycles. The van der Waals surface area contributed by atoms with E-state index in [1.54, 1.807) is 50.2 Å². The van der Waals surface area contributed by atoms with E-state index >= 15 is 0 Å². The van der Waals surface area contributed by atoms with Gasteiger partial charge < -0.3 is 15.2 Å². The first-order chi connectivity index (χ1) is 9.42. The van der Waals surface area contributed by atoms with Crippen LogP contribution < -0.4 is 10.1 Å². The number of carbonyl (C=O) groups is 2. The molecule has 0 aliphatic carbocycles. The van der Waals surface area contributed by atoms with Crippen molar-refractivity contribution in [1.29, 1.82) is 0 Å². The van der Waals surface area contributed by atoms with Gasteiger partial charge in [0.2, 0.25) is 5.91 Å². The third-order valence-electron chi connectivity index (χ3n) is 2.79. The molecule has 1 aromatic rings. The molecule has 0 heterocycles. The molecule has 0 aromatic heterocycles. The highest BCUT2D eigenvalue weighted by molar-refractivity contribution is 5.92. The number of anilines is 1. The summed E-state index contributed by atoms with van der Waals surface area (Å²) in [4.78, 5) is 24.2. The van der Waals surface area contributed by atoms with Gasteiger partial charge >= 0.3 is 5.97 Å². The second kappa shape index (κ2) is 7.49. The SMILES string of the molecule is COc1ccc(NC(=O)CN(C)CC(C)C(=O)O)cc1. The van der Waals surface area contributed by atoms with E-state index in [1.165, 1.54) is 0 Å². The lowest BCUT2D eigenvalue weighted by molar-refractivity contribution is -0.141. The molecule has 110 valence electrons. The highest BCUT2D eigenvalue weighted by Gasteiger charge is 2.15. The summed E-state index contributed by atoms with van der Waals surface area (Å²) in [5, 5.41) is 11.6. The largest absolute Gasteiger partial charge is 0.497 e. The number of carboxylic acid groups (broad SMARTS) is 1. The first-order valence-corrected chi connectivity index (χ1v) is 6.27. The van der Waals surface area contributed by atoms with Gasteiger partial charge in [0.1, 0.15) is 5.75 Å². The Balaban J connectivity index is 2.44. The molecule has 0 bridgehead atoms. The maximum atomic E-state index is 11.8. The predicted molar refractivity (Wildman–Crippen MR) is 75.9 cm³/mol. The fourth-order valence-corrected chi connectivity index (χ4v) is 1.73. The molecular weight excluding hydrogens is 260 g/mol. The summed E-state index contributed by atoms with van der Waals surface area (Å²) in [6.45, 7) is 2.08. The second-order valence-corrected chi connectivity index (χ2v) is 4.71. The van der Waals surface area contributed by atoms with Gasteiger partial charge in [0.25, 0.3) is 0 Å². The monoisotopic (exact) mass is 280 g/mol. The lowest BCUT2D eigenvalue weighted by Gasteiger charge is -2.18. The number of rotatable bonds is 7. The molecule has 1 unspecified atom stereocenters. The normalized spacial score (nSPS) is 12.0. The quantitative estimate of drug-likeness (QED) is 0.786. The zero-order valence-electron chi connectivity index (χ0n) is 11.9. The van der Waals surface area contributed by atoms with E-state index in [2.05, 4.69) is 5.32 Å². The molecule has 1 amide bonds. The Labute approximate surface area is 118 Å². The van der Waals surface area contributed by atoms with Crippen molar-refractivity contribution < 1.29 is 19.4 Å². The van der Waals surface area contributed by atoms with E-state index < -0.39 is 11.9 Å². The third kappa shape index (κ3) is 5.27. The van der Waals surface area contributed by atoms with Crippen molar-refractivity contribution in [2.24, 2.45) is 5.92 Å². The topological polar surface area (TPSA) is 78.9 Å². The molecule has 6 nitrogen and oxygen atoms in total. The lowest BCUT2D eigenvalue weighted by atomic mass is 10.2. The van der Waals surface area contributed by atoms with Crippen molar-refractivity contribution >= 4 is 17.6 Å². The number of carboxylic acids is 1. The molecule has 0 saturated carbocycles. The standard InChI is InChI=1S/C14H20N2O4/c1-10(14(18)19)8-16(2)9-13(17)15-11-4-6-12(20-3)7-5-11/h4-7,10H,8-9H2,1-3H3,(H,15,17)(H,18,19). The number of nitrogens with one attached hydrogen (secondary N) is 1. The average Bonchev–Trinajstić information content (AvgIpc) is 2.39. The van der Waals surface area contributed by atoms with E-state index in [1.807, 2.05) is 0 Å². The Bertz CT molecular complexity index is 459. The summed E-state index contributed by atoms with van der Waals surface area (Å²) in [5.74, 6) is -0.841. The molecule has 0 aliphatic rings. The van der Waals surface area contributed by atoms with Crippen LogP contribution in [0.15, 0.2) is 24.3 Å². The van der Waals surface area contributed by atoms with Crippen LogP contribution in [0.1, 0.15) is 6.92 Å². The van der Waals surface area contributed by atoms with Crippen LogP contribution in [-0.2, 0) is 9.59 Å². The number of hydrogen-bond donors (Lipinski definition) is 2. The fraction of sp³-hybridized carbons (Fsp3) is 0.429. The molecular formula is C14H20N2O4. The van der Waals surface area contributed by atoms with Crippen LogP contribution in [0.25, 0.3) is 0 Å². The van der Waals surface area contributed by atoms with Gasteiger partial charge in [-0.25, -0.2) is 0 Å². The Kier molecular flexibility index (Phi) is 5.99. The molecule has 20 heavy (non-hydrogen) atoms. The highest BCUT2D eigenvalue weighted by Crippen LogP contribution is 2.14. The minimum Gasteiger partial charge on any atom is -0.497 e. The summed E-state index contributed by atoms with van der Waals surface area (Å²) < 4.78 is 5.03. The first-order valence-electron chi connectivity index (χ1n) is 6.27. The van der Waals surface area contributed by atoms with Gasteiger partial charge in [0, 0.05) is 12.2 Å². The van der Waals surface area contributed by atoms with Crippen LogP contribution in [0.4, 0.5) is 5.69 Å². The number of likely N-dealkylation sites (N-methyl/N-ethyl adjacent to an activating group) is 1. The molecule has 1 rings (SSSR count). The number of benzene rings is 1. The van der Waals surface area contributed by atoms with Gasteiger partial charge in [-0.1, -0.05) is 6.92 Å². The van der Waals surface area contributed by atoms with Crippen molar-refractivity contribution in [2.75, 3.05) is 32.6 Å².